The van der Waals surface area contributed by atoms with Gasteiger partial charge in [-0.05, 0) is 6.42 Å². The van der Waals surface area contributed by atoms with E-state index in [0.29, 0.717) is 0 Å². The highest BCUT2D eigenvalue weighted by molar-refractivity contribution is 5.79. The van der Waals surface area contributed by atoms with Crippen LogP contribution in [0.4, 0.5) is 0 Å². The van der Waals surface area contributed by atoms with Gasteiger partial charge in [-0.25, -0.2) is 0 Å². The second-order valence-corrected chi connectivity index (χ2v) is 2.70. The van der Waals surface area contributed by atoms with Crippen LogP contribution >= 0.6 is 0 Å². The van der Waals surface area contributed by atoms with E-state index in [1.807, 2.05) is 26.0 Å². The van der Waals surface area contributed by atoms with Crippen molar-refractivity contribution in [2.75, 3.05) is 27.7 Å². The summed E-state index contributed by atoms with van der Waals surface area (Å²) < 4.78 is 0. The Labute approximate surface area is 69.5 Å². The fourth-order valence-electron chi connectivity index (χ4n) is 0.787. The zero-order valence-corrected chi connectivity index (χ0v) is 8.02. The first kappa shape index (κ1) is 10.3. The largest absolute Gasteiger partial charge is 0.359 e. The van der Waals surface area contributed by atoms with E-state index in [4.69, 9.17) is 0 Å². The molecule has 0 rings (SSSR count). The van der Waals surface area contributed by atoms with Gasteiger partial charge in [0.1, 0.15) is 0 Å². The number of hydrogen-bond donors (Lipinski definition) is 1. The summed E-state index contributed by atoms with van der Waals surface area (Å²) in [5.74, 6) is 0.957. The number of nitrogens with one attached hydrogen (secondary N) is 1. The predicted molar refractivity (Wildman–Crippen MR) is 50.0 cm³/mol. The van der Waals surface area contributed by atoms with Crippen LogP contribution in [0.3, 0.4) is 0 Å². The average molecular weight is 157 g/mol. The highest BCUT2D eigenvalue weighted by atomic mass is 15.3. The SMILES string of the molecule is CCCC/N=C(/NC)N(C)C. The van der Waals surface area contributed by atoms with E-state index in [-0.39, 0.29) is 0 Å². The highest BCUT2D eigenvalue weighted by Gasteiger charge is 1.94. The first-order chi connectivity index (χ1) is 5.22. The van der Waals surface area contributed by atoms with Crippen LogP contribution < -0.4 is 5.32 Å². The first-order valence-corrected chi connectivity index (χ1v) is 4.11. The maximum atomic E-state index is 4.36. The smallest absolute Gasteiger partial charge is 0.193 e. The minimum Gasteiger partial charge on any atom is -0.359 e. The van der Waals surface area contributed by atoms with Gasteiger partial charge in [0, 0.05) is 27.7 Å². The quantitative estimate of drug-likeness (QED) is 0.375. The molecule has 0 unspecified atom stereocenters. The van der Waals surface area contributed by atoms with E-state index in [1.165, 1.54) is 12.8 Å². The molecule has 0 fully saturated rings. The number of guanidine groups is 1. The molecule has 0 spiro atoms. The molecule has 3 heteroatoms. The normalized spacial score (nSPS) is 11.5. The van der Waals surface area contributed by atoms with Crippen LogP contribution in [0.25, 0.3) is 0 Å². The zero-order valence-electron chi connectivity index (χ0n) is 8.02. The van der Waals surface area contributed by atoms with E-state index in [0.717, 1.165) is 12.5 Å². The van der Waals surface area contributed by atoms with Crippen LogP contribution in [0.2, 0.25) is 0 Å². The number of unbranched alkanes of at least 4 members (excludes halogenated alkanes) is 1. The van der Waals surface area contributed by atoms with Crippen molar-refractivity contribution < 1.29 is 0 Å². The molecule has 0 aromatic heterocycles. The molecule has 0 heterocycles. The van der Waals surface area contributed by atoms with Crippen LogP contribution in [0.1, 0.15) is 19.8 Å². The first-order valence-electron chi connectivity index (χ1n) is 4.11. The second kappa shape index (κ2) is 6.01. The lowest BCUT2D eigenvalue weighted by Gasteiger charge is -2.14. The molecule has 0 aliphatic heterocycles. The van der Waals surface area contributed by atoms with Crippen LogP contribution in [-0.4, -0.2) is 38.5 Å². The van der Waals surface area contributed by atoms with E-state index in [2.05, 4.69) is 17.2 Å². The summed E-state index contributed by atoms with van der Waals surface area (Å²) in [6.07, 6.45) is 2.37. The van der Waals surface area contributed by atoms with Crippen LogP contribution in [0.5, 0.6) is 0 Å². The van der Waals surface area contributed by atoms with Gasteiger partial charge in [-0.15, -0.1) is 0 Å². The Kier molecular flexibility index (Phi) is 5.61. The molecule has 0 radical (unpaired) electrons. The molecule has 0 bridgehead atoms. The van der Waals surface area contributed by atoms with E-state index in [1.54, 1.807) is 0 Å². The summed E-state index contributed by atoms with van der Waals surface area (Å²) in [6.45, 7) is 3.09. The molecule has 0 amide bonds. The van der Waals surface area contributed by atoms with Crippen molar-refractivity contribution in [1.82, 2.24) is 10.2 Å². The third-order valence-corrected chi connectivity index (χ3v) is 1.42. The van der Waals surface area contributed by atoms with Crippen LogP contribution in [0, 0.1) is 0 Å². The molecule has 0 atom stereocenters. The molecule has 0 aliphatic rings. The molecule has 11 heavy (non-hydrogen) atoms. The summed E-state index contributed by atoms with van der Waals surface area (Å²) in [6, 6.07) is 0. The van der Waals surface area contributed by atoms with Crippen molar-refractivity contribution in [3.05, 3.63) is 0 Å². The summed E-state index contributed by atoms with van der Waals surface area (Å²) in [5, 5.41) is 3.04. The fraction of sp³-hybridized carbons (Fsp3) is 0.875. The van der Waals surface area contributed by atoms with Gasteiger partial charge in [-0.2, -0.15) is 0 Å². The van der Waals surface area contributed by atoms with Crippen molar-refractivity contribution in [3.63, 3.8) is 0 Å². The van der Waals surface area contributed by atoms with Gasteiger partial charge in [-0.1, -0.05) is 13.3 Å². The Balaban J connectivity index is 3.71. The van der Waals surface area contributed by atoms with Crippen LogP contribution in [-0.2, 0) is 0 Å². The third-order valence-electron chi connectivity index (χ3n) is 1.42. The van der Waals surface area contributed by atoms with Crippen LogP contribution in [0.15, 0.2) is 4.99 Å². The van der Waals surface area contributed by atoms with E-state index >= 15 is 0 Å². The number of hydrogen-bond acceptors (Lipinski definition) is 1. The molecule has 0 saturated carbocycles. The number of aliphatic imine (C=N–C) groups is 1. The minimum absolute atomic E-state index is 0.921. The van der Waals surface area contributed by atoms with Gasteiger partial charge in [0.15, 0.2) is 5.96 Å². The Morgan fingerprint density at radius 2 is 2.09 bits per heavy atom. The Bertz CT molecular complexity index is 119. The molecular weight excluding hydrogens is 138 g/mol. The zero-order chi connectivity index (χ0) is 8.69. The molecule has 0 aromatic carbocycles. The van der Waals surface area contributed by atoms with E-state index in [9.17, 15) is 0 Å². The van der Waals surface area contributed by atoms with Gasteiger partial charge in [0.25, 0.3) is 0 Å². The monoisotopic (exact) mass is 157 g/mol. The van der Waals surface area contributed by atoms with Gasteiger partial charge in [0.05, 0.1) is 0 Å². The molecule has 66 valence electrons. The van der Waals surface area contributed by atoms with Gasteiger partial charge < -0.3 is 10.2 Å². The number of rotatable bonds is 3. The Hall–Kier alpha value is -0.730. The molecule has 3 nitrogen and oxygen atoms in total. The lowest BCUT2D eigenvalue weighted by atomic mass is 10.3. The number of nitrogens with zero attached hydrogens (tertiary/aromatic N) is 2. The third kappa shape index (κ3) is 4.65. The lowest BCUT2D eigenvalue weighted by molar-refractivity contribution is 0.590. The van der Waals surface area contributed by atoms with E-state index < -0.39 is 0 Å². The standard InChI is InChI=1S/C8H19N3/c1-5-6-7-10-8(9-2)11(3)4/h5-7H2,1-4H3,(H,9,10). The molecule has 0 aliphatic carbocycles. The Morgan fingerprint density at radius 1 is 1.45 bits per heavy atom. The lowest BCUT2D eigenvalue weighted by Crippen LogP contribution is -2.33. The maximum absolute atomic E-state index is 4.36. The van der Waals surface area contributed by atoms with Crippen molar-refractivity contribution in [2.24, 2.45) is 4.99 Å². The second-order valence-electron chi connectivity index (χ2n) is 2.70. The van der Waals surface area contributed by atoms with Crippen molar-refractivity contribution in [2.45, 2.75) is 19.8 Å². The summed E-state index contributed by atoms with van der Waals surface area (Å²) in [5.41, 5.74) is 0. The molecule has 1 N–H and O–H groups in total. The Morgan fingerprint density at radius 3 is 2.45 bits per heavy atom. The van der Waals surface area contributed by atoms with Gasteiger partial charge in [0.2, 0.25) is 0 Å². The minimum atomic E-state index is 0.921. The maximum Gasteiger partial charge on any atom is 0.193 e. The van der Waals surface area contributed by atoms with Gasteiger partial charge >= 0.3 is 0 Å². The summed E-state index contributed by atoms with van der Waals surface area (Å²) in [4.78, 5) is 6.34. The summed E-state index contributed by atoms with van der Waals surface area (Å²) in [7, 11) is 5.87. The predicted octanol–water partition coefficient (Wildman–Crippen LogP) is 0.923. The average Bonchev–Trinajstić information content (AvgIpc) is 1.97. The molecule has 0 aromatic rings. The van der Waals surface area contributed by atoms with Crippen molar-refractivity contribution >= 4 is 5.96 Å². The summed E-state index contributed by atoms with van der Waals surface area (Å²) >= 11 is 0. The van der Waals surface area contributed by atoms with Crippen molar-refractivity contribution in [3.8, 4) is 0 Å². The highest BCUT2D eigenvalue weighted by Crippen LogP contribution is 1.88. The molecule has 0 saturated heterocycles. The molecular formula is C8H19N3. The topological polar surface area (TPSA) is 27.6 Å². The van der Waals surface area contributed by atoms with Gasteiger partial charge in [-0.3, -0.25) is 4.99 Å². The fourth-order valence-corrected chi connectivity index (χ4v) is 0.787. The van der Waals surface area contributed by atoms with Crippen molar-refractivity contribution in [1.29, 1.82) is 0 Å².